The molecule has 0 aliphatic carbocycles. The van der Waals surface area contributed by atoms with E-state index in [2.05, 4.69) is 39.7 Å². The Morgan fingerprint density at radius 2 is 1.76 bits per heavy atom. The van der Waals surface area contributed by atoms with Crippen molar-refractivity contribution >= 4 is 29.9 Å². The zero-order chi connectivity index (χ0) is 17.6. The zero-order valence-electron chi connectivity index (χ0n) is 15.9. The molecule has 0 saturated carbocycles. The van der Waals surface area contributed by atoms with Crippen LogP contribution in [0.5, 0.6) is 5.75 Å². The third-order valence-electron chi connectivity index (χ3n) is 3.77. The van der Waals surface area contributed by atoms with Crippen molar-refractivity contribution in [3.8, 4) is 5.75 Å². The Bertz CT molecular complexity index is 469. The number of guanidine groups is 1. The van der Waals surface area contributed by atoms with Crippen molar-refractivity contribution in [2.24, 2.45) is 4.99 Å². The molecule has 0 bridgehead atoms. The molecule has 0 fully saturated rings. The standard InChI is InChI=1S/C18H32N4O2.HI/c1-19-18(20-11-5-13-22(2)14-15-23-3)21-12-10-16-6-8-17(24-4)9-7-16;/h6-9H,5,10-15H2,1-4H3,(H2,19,20,21);1H. The maximum absolute atomic E-state index is 5.17. The second kappa shape index (κ2) is 15.2. The Balaban J connectivity index is 0.00000576. The molecule has 0 heterocycles. The number of likely N-dealkylation sites (N-methyl/N-ethyl adjacent to an activating group) is 1. The summed E-state index contributed by atoms with van der Waals surface area (Å²) in [6.07, 6.45) is 2.02. The third kappa shape index (κ3) is 11.2. The number of methoxy groups -OCH3 is 2. The topological polar surface area (TPSA) is 58.1 Å². The van der Waals surface area contributed by atoms with Crippen LogP contribution in [0, 0.1) is 0 Å². The molecular formula is C18H33IN4O2. The largest absolute Gasteiger partial charge is 0.497 e. The maximum atomic E-state index is 5.17. The predicted octanol–water partition coefficient (Wildman–Crippen LogP) is 1.99. The van der Waals surface area contributed by atoms with E-state index in [0.717, 1.165) is 57.3 Å². The van der Waals surface area contributed by atoms with Crippen LogP contribution in [0.25, 0.3) is 0 Å². The SMILES string of the molecule is CN=C(NCCCN(C)CCOC)NCCc1ccc(OC)cc1.I. The van der Waals surface area contributed by atoms with Crippen LogP contribution in [-0.2, 0) is 11.2 Å². The van der Waals surface area contributed by atoms with Gasteiger partial charge in [-0.2, -0.15) is 0 Å². The molecule has 1 aromatic carbocycles. The smallest absolute Gasteiger partial charge is 0.190 e. The first-order valence-corrected chi connectivity index (χ1v) is 8.44. The van der Waals surface area contributed by atoms with Crippen molar-refractivity contribution in [3.05, 3.63) is 29.8 Å². The van der Waals surface area contributed by atoms with Gasteiger partial charge in [0.1, 0.15) is 5.75 Å². The second-order valence-corrected chi connectivity index (χ2v) is 5.67. The fraction of sp³-hybridized carbons (Fsp3) is 0.611. The van der Waals surface area contributed by atoms with Crippen molar-refractivity contribution in [2.75, 3.05) is 61.1 Å². The highest BCUT2D eigenvalue weighted by molar-refractivity contribution is 14.0. The summed E-state index contributed by atoms with van der Waals surface area (Å²) in [5.41, 5.74) is 1.28. The summed E-state index contributed by atoms with van der Waals surface area (Å²) in [6, 6.07) is 8.16. The number of nitrogens with zero attached hydrogens (tertiary/aromatic N) is 2. The van der Waals surface area contributed by atoms with Crippen molar-refractivity contribution in [3.63, 3.8) is 0 Å². The molecule has 0 aliphatic heterocycles. The number of benzene rings is 1. The van der Waals surface area contributed by atoms with Gasteiger partial charge in [0.15, 0.2) is 5.96 Å². The lowest BCUT2D eigenvalue weighted by Gasteiger charge is -2.17. The number of hydrogen-bond donors (Lipinski definition) is 2. The molecule has 0 aliphatic rings. The molecule has 0 atom stereocenters. The normalized spacial score (nSPS) is 11.2. The lowest BCUT2D eigenvalue weighted by Crippen LogP contribution is -2.39. The molecule has 1 rings (SSSR count). The summed E-state index contributed by atoms with van der Waals surface area (Å²) in [5.74, 6) is 1.74. The number of ether oxygens (including phenoxy) is 2. The summed E-state index contributed by atoms with van der Waals surface area (Å²) in [5, 5.41) is 6.69. The Kier molecular flexibility index (Phi) is 14.6. The molecule has 6 nitrogen and oxygen atoms in total. The number of halogens is 1. The van der Waals surface area contributed by atoms with Crippen LogP contribution in [-0.4, -0.2) is 72.0 Å². The highest BCUT2D eigenvalue weighted by Crippen LogP contribution is 2.11. The first-order valence-electron chi connectivity index (χ1n) is 8.44. The average Bonchev–Trinajstić information content (AvgIpc) is 2.62. The van der Waals surface area contributed by atoms with Crippen molar-refractivity contribution in [1.29, 1.82) is 0 Å². The van der Waals surface area contributed by atoms with Gasteiger partial charge in [-0.05, 0) is 44.1 Å². The van der Waals surface area contributed by atoms with Crippen molar-refractivity contribution < 1.29 is 9.47 Å². The minimum atomic E-state index is 0. The summed E-state index contributed by atoms with van der Waals surface area (Å²) >= 11 is 0. The number of rotatable bonds is 11. The van der Waals surface area contributed by atoms with Crippen molar-refractivity contribution in [2.45, 2.75) is 12.8 Å². The van der Waals surface area contributed by atoms with E-state index in [4.69, 9.17) is 9.47 Å². The van der Waals surface area contributed by atoms with Crippen LogP contribution < -0.4 is 15.4 Å². The Hall–Kier alpha value is -1.06. The third-order valence-corrected chi connectivity index (χ3v) is 3.77. The molecule has 1 aromatic rings. The number of nitrogens with one attached hydrogen (secondary N) is 2. The summed E-state index contributed by atoms with van der Waals surface area (Å²) in [7, 11) is 7.33. The van der Waals surface area contributed by atoms with Gasteiger partial charge in [0.25, 0.3) is 0 Å². The fourth-order valence-electron chi connectivity index (χ4n) is 2.25. The minimum Gasteiger partial charge on any atom is -0.497 e. The van der Waals surface area contributed by atoms with Crippen LogP contribution in [0.15, 0.2) is 29.3 Å². The minimum absolute atomic E-state index is 0. The number of aliphatic imine (C=N–C) groups is 1. The molecule has 0 spiro atoms. The summed E-state index contributed by atoms with van der Waals surface area (Å²) < 4.78 is 10.2. The van der Waals surface area contributed by atoms with E-state index in [1.54, 1.807) is 21.3 Å². The summed E-state index contributed by atoms with van der Waals surface area (Å²) in [6.45, 7) is 4.53. The Labute approximate surface area is 169 Å². The molecule has 0 saturated heterocycles. The summed E-state index contributed by atoms with van der Waals surface area (Å²) in [4.78, 5) is 6.52. The van der Waals surface area contributed by atoms with E-state index in [9.17, 15) is 0 Å². The highest BCUT2D eigenvalue weighted by atomic mass is 127. The first-order chi connectivity index (χ1) is 11.7. The molecule has 0 radical (unpaired) electrons. The van der Waals surface area contributed by atoms with E-state index in [1.165, 1.54) is 5.56 Å². The maximum Gasteiger partial charge on any atom is 0.190 e. The Morgan fingerprint density at radius 3 is 2.36 bits per heavy atom. The van der Waals surface area contributed by atoms with Gasteiger partial charge in [-0.3, -0.25) is 4.99 Å². The average molecular weight is 464 g/mol. The van der Waals surface area contributed by atoms with Gasteiger partial charge in [-0.1, -0.05) is 12.1 Å². The fourth-order valence-corrected chi connectivity index (χ4v) is 2.25. The molecular weight excluding hydrogens is 431 g/mol. The first kappa shape index (κ1) is 23.9. The van der Waals surface area contributed by atoms with E-state index >= 15 is 0 Å². The highest BCUT2D eigenvalue weighted by Gasteiger charge is 2.00. The Morgan fingerprint density at radius 1 is 1.08 bits per heavy atom. The van der Waals surface area contributed by atoms with E-state index in [1.807, 2.05) is 12.1 Å². The lowest BCUT2D eigenvalue weighted by atomic mass is 10.1. The predicted molar refractivity (Wildman–Crippen MR) is 115 cm³/mol. The van der Waals surface area contributed by atoms with E-state index in [-0.39, 0.29) is 24.0 Å². The van der Waals surface area contributed by atoms with E-state index in [0.29, 0.717) is 0 Å². The monoisotopic (exact) mass is 464 g/mol. The molecule has 0 amide bonds. The zero-order valence-corrected chi connectivity index (χ0v) is 18.2. The number of hydrogen-bond acceptors (Lipinski definition) is 4. The van der Waals surface area contributed by atoms with Crippen LogP contribution >= 0.6 is 24.0 Å². The molecule has 144 valence electrons. The lowest BCUT2D eigenvalue weighted by molar-refractivity contribution is 0.161. The molecule has 0 unspecified atom stereocenters. The second-order valence-electron chi connectivity index (χ2n) is 5.67. The molecule has 0 aromatic heterocycles. The van der Waals surface area contributed by atoms with E-state index < -0.39 is 0 Å². The molecule has 25 heavy (non-hydrogen) atoms. The van der Waals surface area contributed by atoms with Crippen LogP contribution in [0.2, 0.25) is 0 Å². The van der Waals surface area contributed by atoms with Gasteiger partial charge in [0.2, 0.25) is 0 Å². The molecule has 7 heteroatoms. The van der Waals surface area contributed by atoms with Gasteiger partial charge < -0.3 is 25.0 Å². The molecule has 2 N–H and O–H groups in total. The van der Waals surface area contributed by atoms with Gasteiger partial charge in [0, 0.05) is 33.8 Å². The van der Waals surface area contributed by atoms with Gasteiger partial charge >= 0.3 is 0 Å². The van der Waals surface area contributed by atoms with Crippen LogP contribution in [0.4, 0.5) is 0 Å². The van der Waals surface area contributed by atoms with Gasteiger partial charge in [-0.25, -0.2) is 0 Å². The van der Waals surface area contributed by atoms with Gasteiger partial charge in [-0.15, -0.1) is 24.0 Å². The van der Waals surface area contributed by atoms with Crippen LogP contribution in [0.1, 0.15) is 12.0 Å². The van der Waals surface area contributed by atoms with Crippen molar-refractivity contribution in [1.82, 2.24) is 15.5 Å². The quantitative estimate of drug-likeness (QED) is 0.227. The van der Waals surface area contributed by atoms with Gasteiger partial charge in [0.05, 0.1) is 13.7 Å². The van der Waals surface area contributed by atoms with Crippen LogP contribution in [0.3, 0.4) is 0 Å².